The number of hydrogen-bond acceptors (Lipinski definition) is 4. The molecule has 2 N–H and O–H groups in total. The molecule has 0 fully saturated rings. The molecule has 2 heterocycles. The number of nitrogens with one attached hydrogen (secondary N) is 2. The molecular weight excluding hydrogens is 228 g/mol. The zero-order valence-electron chi connectivity index (χ0n) is 10.1. The predicted octanol–water partition coefficient (Wildman–Crippen LogP) is 1.87. The van der Waals surface area contributed by atoms with E-state index in [9.17, 15) is 0 Å². The van der Waals surface area contributed by atoms with Crippen LogP contribution in [0.25, 0.3) is 22.8 Å². The molecular formula is C12H12N6. The summed E-state index contributed by atoms with van der Waals surface area (Å²) < 4.78 is 0. The van der Waals surface area contributed by atoms with Gasteiger partial charge in [-0.2, -0.15) is 10.2 Å². The molecule has 2 aromatic heterocycles. The first kappa shape index (κ1) is 10.6. The number of aryl methyl sites for hydroxylation is 2. The van der Waals surface area contributed by atoms with Crippen LogP contribution in [-0.4, -0.2) is 30.4 Å². The Balaban J connectivity index is 2.04. The summed E-state index contributed by atoms with van der Waals surface area (Å²) in [5.41, 5.74) is 1.95. The minimum absolute atomic E-state index is 0.728. The second-order valence-electron chi connectivity index (χ2n) is 4.04. The number of hydrogen-bond donors (Lipinski definition) is 2. The molecule has 0 saturated carbocycles. The lowest BCUT2D eigenvalue weighted by atomic mass is 10.1. The largest absolute Gasteiger partial charge is 0.259 e. The Bertz CT molecular complexity index is 626. The molecule has 0 unspecified atom stereocenters. The molecule has 3 aromatic rings. The van der Waals surface area contributed by atoms with E-state index in [1.807, 2.05) is 38.1 Å². The molecule has 18 heavy (non-hydrogen) atoms. The van der Waals surface area contributed by atoms with E-state index in [-0.39, 0.29) is 0 Å². The monoisotopic (exact) mass is 240 g/mol. The minimum Gasteiger partial charge on any atom is -0.259 e. The number of H-pyrrole nitrogens is 2. The van der Waals surface area contributed by atoms with Crippen molar-refractivity contribution in [2.24, 2.45) is 0 Å². The van der Waals surface area contributed by atoms with E-state index in [4.69, 9.17) is 0 Å². The number of benzene rings is 1. The van der Waals surface area contributed by atoms with Crippen molar-refractivity contribution in [3.63, 3.8) is 0 Å². The van der Waals surface area contributed by atoms with Gasteiger partial charge in [0.2, 0.25) is 0 Å². The molecule has 6 heteroatoms. The summed E-state index contributed by atoms with van der Waals surface area (Å²) in [6.45, 7) is 3.70. The molecule has 0 amide bonds. The highest BCUT2D eigenvalue weighted by Crippen LogP contribution is 2.21. The van der Waals surface area contributed by atoms with Gasteiger partial charge in [0.05, 0.1) is 0 Å². The van der Waals surface area contributed by atoms with E-state index in [2.05, 4.69) is 30.4 Å². The van der Waals surface area contributed by atoms with Crippen molar-refractivity contribution in [1.29, 1.82) is 0 Å². The van der Waals surface area contributed by atoms with Crippen LogP contribution in [-0.2, 0) is 0 Å². The Morgan fingerprint density at radius 2 is 1.33 bits per heavy atom. The summed E-state index contributed by atoms with van der Waals surface area (Å²) in [5, 5.41) is 13.9. The maximum absolute atomic E-state index is 4.31. The summed E-state index contributed by atoms with van der Waals surface area (Å²) in [6.07, 6.45) is 0. The highest BCUT2D eigenvalue weighted by atomic mass is 15.2. The molecule has 0 atom stereocenters. The van der Waals surface area contributed by atoms with E-state index >= 15 is 0 Å². The molecule has 3 rings (SSSR count). The van der Waals surface area contributed by atoms with Crippen LogP contribution >= 0.6 is 0 Å². The fraction of sp³-hybridized carbons (Fsp3) is 0.167. The lowest BCUT2D eigenvalue weighted by molar-refractivity contribution is 1.04. The normalized spacial score (nSPS) is 10.8. The number of aromatic amines is 2. The average Bonchev–Trinajstić information content (AvgIpc) is 2.98. The van der Waals surface area contributed by atoms with Crippen molar-refractivity contribution in [3.05, 3.63) is 35.9 Å². The number of nitrogens with zero attached hydrogens (tertiary/aromatic N) is 4. The third-order valence-electron chi connectivity index (χ3n) is 2.60. The molecule has 6 nitrogen and oxygen atoms in total. The van der Waals surface area contributed by atoms with E-state index in [0.717, 1.165) is 34.4 Å². The minimum atomic E-state index is 0.728. The van der Waals surface area contributed by atoms with Gasteiger partial charge in [-0.15, -0.1) is 0 Å². The lowest BCUT2D eigenvalue weighted by Gasteiger charge is -1.99. The van der Waals surface area contributed by atoms with Crippen LogP contribution in [0.1, 0.15) is 11.6 Å². The van der Waals surface area contributed by atoms with Crippen molar-refractivity contribution < 1.29 is 0 Å². The van der Waals surface area contributed by atoms with Crippen LogP contribution < -0.4 is 0 Å². The molecule has 0 aliphatic rings. The lowest BCUT2D eigenvalue weighted by Crippen LogP contribution is -1.85. The number of rotatable bonds is 2. The van der Waals surface area contributed by atoms with Crippen LogP contribution in [0.5, 0.6) is 0 Å². The van der Waals surface area contributed by atoms with Gasteiger partial charge in [0, 0.05) is 11.1 Å². The van der Waals surface area contributed by atoms with Crippen LogP contribution in [0.15, 0.2) is 24.3 Å². The summed E-state index contributed by atoms with van der Waals surface area (Å²) >= 11 is 0. The van der Waals surface area contributed by atoms with Crippen LogP contribution in [0.2, 0.25) is 0 Å². The summed E-state index contributed by atoms with van der Waals surface area (Å²) in [5.74, 6) is 2.97. The third-order valence-corrected chi connectivity index (χ3v) is 2.60. The smallest absolute Gasteiger partial charge is 0.155 e. The van der Waals surface area contributed by atoms with Crippen molar-refractivity contribution in [2.45, 2.75) is 13.8 Å². The van der Waals surface area contributed by atoms with Crippen molar-refractivity contribution in [2.75, 3.05) is 0 Å². The zero-order chi connectivity index (χ0) is 12.5. The molecule has 0 saturated heterocycles. The Labute approximate surface area is 104 Å². The van der Waals surface area contributed by atoms with Gasteiger partial charge >= 0.3 is 0 Å². The fourth-order valence-corrected chi connectivity index (χ4v) is 1.76. The van der Waals surface area contributed by atoms with E-state index in [1.54, 1.807) is 0 Å². The zero-order valence-corrected chi connectivity index (χ0v) is 10.1. The Morgan fingerprint density at radius 3 is 1.72 bits per heavy atom. The second-order valence-corrected chi connectivity index (χ2v) is 4.04. The van der Waals surface area contributed by atoms with Crippen molar-refractivity contribution >= 4 is 0 Å². The maximum Gasteiger partial charge on any atom is 0.155 e. The molecule has 1 aromatic carbocycles. The summed E-state index contributed by atoms with van der Waals surface area (Å²) in [4.78, 5) is 8.62. The topological polar surface area (TPSA) is 83.1 Å². The highest BCUT2D eigenvalue weighted by Gasteiger charge is 2.07. The first-order valence-electron chi connectivity index (χ1n) is 5.61. The van der Waals surface area contributed by atoms with Gasteiger partial charge in [-0.1, -0.05) is 18.2 Å². The average molecular weight is 240 g/mol. The van der Waals surface area contributed by atoms with Crippen LogP contribution in [0.3, 0.4) is 0 Å². The Kier molecular flexibility index (Phi) is 2.40. The molecule has 0 bridgehead atoms. The predicted molar refractivity (Wildman–Crippen MR) is 66.7 cm³/mol. The van der Waals surface area contributed by atoms with E-state index in [0.29, 0.717) is 0 Å². The molecule has 90 valence electrons. The second kappa shape index (κ2) is 4.06. The number of aromatic nitrogens is 6. The first-order valence-corrected chi connectivity index (χ1v) is 5.61. The Hall–Kier alpha value is -2.50. The van der Waals surface area contributed by atoms with Crippen molar-refractivity contribution in [3.8, 4) is 22.8 Å². The standard InChI is InChI=1S/C12H12N6/c1-7-13-11(17-15-7)9-4-3-5-10(6-9)12-14-8(2)16-18-12/h3-6H,1-2H3,(H,13,15,17)(H,14,16,18). The Morgan fingerprint density at radius 1 is 0.833 bits per heavy atom. The third kappa shape index (κ3) is 1.88. The van der Waals surface area contributed by atoms with Gasteiger partial charge in [0.15, 0.2) is 11.6 Å². The van der Waals surface area contributed by atoms with E-state index in [1.165, 1.54) is 0 Å². The maximum atomic E-state index is 4.31. The fourth-order valence-electron chi connectivity index (χ4n) is 1.76. The SMILES string of the molecule is Cc1n[nH]c(-c2cccc(-c3nc(C)n[nH]3)c2)n1. The van der Waals surface area contributed by atoms with E-state index < -0.39 is 0 Å². The first-order chi connectivity index (χ1) is 8.72. The van der Waals surface area contributed by atoms with Gasteiger partial charge in [-0.25, -0.2) is 9.97 Å². The molecule has 0 aliphatic carbocycles. The van der Waals surface area contributed by atoms with Gasteiger partial charge in [0.1, 0.15) is 11.6 Å². The molecule has 0 aliphatic heterocycles. The highest BCUT2D eigenvalue weighted by molar-refractivity contribution is 5.65. The summed E-state index contributed by atoms with van der Waals surface area (Å²) in [6, 6.07) is 7.92. The quantitative estimate of drug-likeness (QED) is 0.716. The molecule has 0 spiro atoms. The summed E-state index contributed by atoms with van der Waals surface area (Å²) in [7, 11) is 0. The van der Waals surface area contributed by atoms with Crippen LogP contribution in [0, 0.1) is 13.8 Å². The van der Waals surface area contributed by atoms with Gasteiger partial charge in [-0.05, 0) is 19.9 Å². The van der Waals surface area contributed by atoms with Crippen LogP contribution in [0.4, 0.5) is 0 Å². The van der Waals surface area contributed by atoms with Gasteiger partial charge in [-0.3, -0.25) is 10.2 Å². The molecule has 0 radical (unpaired) electrons. The van der Waals surface area contributed by atoms with Gasteiger partial charge < -0.3 is 0 Å². The van der Waals surface area contributed by atoms with Gasteiger partial charge in [0.25, 0.3) is 0 Å². The van der Waals surface area contributed by atoms with Crippen molar-refractivity contribution in [1.82, 2.24) is 30.4 Å².